The Hall–Kier alpha value is -3.96. The zero-order valence-corrected chi connectivity index (χ0v) is 17.6. The number of aryl methyl sites for hydroxylation is 1. The molecule has 152 valence electrons. The first-order valence-corrected chi connectivity index (χ1v) is 10.5. The lowest BCUT2D eigenvalue weighted by molar-refractivity contribution is 1.34. The minimum atomic E-state index is -0.299. The number of hydrogen-bond donors (Lipinski definition) is 0. The fraction of sp³-hybridized carbons (Fsp3) is 0.0385. The Morgan fingerprint density at radius 2 is 1.41 bits per heavy atom. The topological polar surface area (TPSA) is 72.3 Å². The highest BCUT2D eigenvalue weighted by molar-refractivity contribution is 6.30. The van der Waals surface area contributed by atoms with E-state index in [0.717, 1.165) is 16.3 Å². The summed E-state index contributed by atoms with van der Waals surface area (Å²) in [6.45, 7) is 1.88. The molecule has 6 aromatic rings. The third-order valence-electron chi connectivity index (χ3n) is 5.70. The van der Waals surface area contributed by atoms with E-state index in [1.54, 1.807) is 24.3 Å². The Bertz CT molecular complexity index is 1900. The average molecular weight is 436 g/mol. The summed E-state index contributed by atoms with van der Waals surface area (Å²) in [5, 5.41) is 3.57. The summed E-state index contributed by atoms with van der Waals surface area (Å²) in [6, 6.07) is 20.1. The zero-order valence-electron chi connectivity index (χ0n) is 16.9. The lowest BCUT2D eigenvalue weighted by Crippen LogP contribution is -2.16. The van der Waals surface area contributed by atoms with Gasteiger partial charge in [0.25, 0.3) is 0 Å². The molecule has 0 bridgehead atoms. The quantitative estimate of drug-likeness (QED) is 0.345. The van der Waals surface area contributed by atoms with Crippen LogP contribution in [0.3, 0.4) is 0 Å². The highest BCUT2D eigenvalue weighted by Gasteiger charge is 2.18. The minimum absolute atomic E-state index is 0.0680. The van der Waals surface area contributed by atoms with E-state index in [1.807, 2.05) is 49.4 Å². The molecular formula is C26H14ClN3O2. The van der Waals surface area contributed by atoms with Crippen LogP contribution in [-0.4, -0.2) is 9.97 Å². The summed E-state index contributed by atoms with van der Waals surface area (Å²) in [5.74, 6) is 0. The molecular weight excluding hydrogens is 422 g/mol. The molecule has 0 saturated carbocycles. The summed E-state index contributed by atoms with van der Waals surface area (Å²) in [5.41, 5.74) is 2.17. The maximum atomic E-state index is 13.3. The van der Waals surface area contributed by atoms with E-state index >= 15 is 0 Å². The second-order valence-corrected chi connectivity index (χ2v) is 8.25. The summed E-state index contributed by atoms with van der Waals surface area (Å²) in [4.78, 5) is 40.6. The lowest BCUT2D eigenvalue weighted by Gasteiger charge is -2.02. The van der Waals surface area contributed by atoms with Crippen molar-refractivity contribution < 1.29 is 0 Å². The number of nitrogens with zero attached hydrogens (tertiary/aromatic N) is 3. The molecule has 5 aromatic carbocycles. The van der Waals surface area contributed by atoms with Gasteiger partial charge in [-0.2, -0.15) is 0 Å². The van der Waals surface area contributed by atoms with E-state index in [1.165, 1.54) is 0 Å². The first-order chi connectivity index (χ1) is 15.5. The SMILES string of the molecule is Cc1ccc2c(=O)c3nc4c(nc3c(=O)c2c1)c(=Nc1cccc(Cl)c1)c1ccccc14. The van der Waals surface area contributed by atoms with Crippen molar-refractivity contribution in [1.82, 2.24) is 9.97 Å². The van der Waals surface area contributed by atoms with Gasteiger partial charge in [0.2, 0.25) is 10.9 Å². The maximum Gasteiger partial charge on any atom is 0.214 e. The molecule has 1 heterocycles. The molecule has 32 heavy (non-hydrogen) atoms. The van der Waals surface area contributed by atoms with Crippen molar-refractivity contribution in [2.75, 3.05) is 0 Å². The molecule has 0 spiro atoms. The van der Waals surface area contributed by atoms with Gasteiger partial charge in [0.1, 0.15) is 16.6 Å². The van der Waals surface area contributed by atoms with Gasteiger partial charge >= 0.3 is 0 Å². The van der Waals surface area contributed by atoms with Crippen molar-refractivity contribution in [1.29, 1.82) is 0 Å². The van der Waals surface area contributed by atoms with Crippen LogP contribution < -0.4 is 16.2 Å². The van der Waals surface area contributed by atoms with Gasteiger partial charge in [-0.15, -0.1) is 0 Å². The van der Waals surface area contributed by atoms with E-state index < -0.39 is 0 Å². The zero-order chi connectivity index (χ0) is 22.0. The number of hydrogen-bond acceptors (Lipinski definition) is 5. The average Bonchev–Trinajstić information content (AvgIpc) is 3.09. The fourth-order valence-electron chi connectivity index (χ4n) is 4.22. The van der Waals surface area contributed by atoms with Crippen LogP contribution in [0.5, 0.6) is 0 Å². The van der Waals surface area contributed by atoms with Gasteiger partial charge in [-0.1, -0.05) is 53.6 Å². The second-order valence-electron chi connectivity index (χ2n) is 7.81. The first kappa shape index (κ1) is 18.8. The molecule has 0 aliphatic carbocycles. The van der Waals surface area contributed by atoms with Gasteiger partial charge in [0.15, 0.2) is 0 Å². The molecule has 0 unspecified atom stereocenters. The monoisotopic (exact) mass is 435 g/mol. The van der Waals surface area contributed by atoms with Crippen LogP contribution in [0.2, 0.25) is 5.02 Å². The fourth-order valence-corrected chi connectivity index (χ4v) is 4.40. The number of benzene rings is 4. The molecule has 0 N–H and O–H groups in total. The normalized spacial score (nSPS) is 12.5. The minimum Gasteiger partial charge on any atom is -0.287 e. The van der Waals surface area contributed by atoms with Crippen molar-refractivity contribution in [2.24, 2.45) is 4.99 Å². The molecule has 0 fully saturated rings. The standard InChI is InChI=1S/C26H14ClN3O2/c1-13-9-10-18-19(11-13)26(32)24-23(25(18)31)29-21-17-8-3-2-7-16(17)20(22(21)30-24)28-15-6-4-5-14(27)12-15/h2-12H,1H3. The van der Waals surface area contributed by atoms with Crippen LogP contribution in [0.1, 0.15) is 5.56 Å². The third-order valence-corrected chi connectivity index (χ3v) is 5.94. The maximum absolute atomic E-state index is 13.3. The first-order valence-electron chi connectivity index (χ1n) is 10.1. The van der Waals surface area contributed by atoms with E-state index in [-0.39, 0.29) is 21.9 Å². The molecule has 6 heteroatoms. The summed E-state index contributed by atoms with van der Waals surface area (Å²) in [6.07, 6.45) is 0. The Balaban J connectivity index is 1.85. The Morgan fingerprint density at radius 3 is 2.19 bits per heavy atom. The molecule has 1 aromatic heterocycles. The van der Waals surface area contributed by atoms with E-state index in [2.05, 4.69) is 9.97 Å². The van der Waals surface area contributed by atoms with Gasteiger partial charge < -0.3 is 0 Å². The van der Waals surface area contributed by atoms with Crippen LogP contribution in [0.25, 0.3) is 43.6 Å². The Labute approximate surface area is 186 Å². The van der Waals surface area contributed by atoms with Crippen molar-refractivity contribution >= 4 is 60.9 Å². The predicted octanol–water partition coefficient (Wildman–Crippen LogP) is 4.88. The summed E-state index contributed by atoms with van der Waals surface area (Å²) < 4.78 is 0. The predicted molar refractivity (Wildman–Crippen MR) is 128 cm³/mol. The highest BCUT2D eigenvalue weighted by Crippen LogP contribution is 2.25. The molecule has 0 atom stereocenters. The van der Waals surface area contributed by atoms with E-state index in [4.69, 9.17) is 16.6 Å². The number of rotatable bonds is 1. The smallest absolute Gasteiger partial charge is 0.214 e. The van der Waals surface area contributed by atoms with Gasteiger partial charge in [-0.3, -0.25) is 9.59 Å². The second kappa shape index (κ2) is 6.77. The third kappa shape index (κ3) is 2.68. The molecule has 0 aliphatic heterocycles. The van der Waals surface area contributed by atoms with Gasteiger partial charge in [-0.05, 0) is 37.3 Å². The van der Waals surface area contributed by atoms with Crippen LogP contribution in [-0.2, 0) is 0 Å². The largest absolute Gasteiger partial charge is 0.287 e. The van der Waals surface area contributed by atoms with Crippen molar-refractivity contribution in [3.8, 4) is 0 Å². The van der Waals surface area contributed by atoms with Gasteiger partial charge in [0, 0.05) is 26.6 Å². The van der Waals surface area contributed by atoms with Gasteiger partial charge in [0.05, 0.1) is 16.6 Å². The molecule has 0 saturated heterocycles. The van der Waals surface area contributed by atoms with Crippen LogP contribution in [0.4, 0.5) is 5.69 Å². The molecule has 0 amide bonds. The van der Waals surface area contributed by atoms with E-state index in [9.17, 15) is 9.59 Å². The molecule has 0 radical (unpaired) electrons. The summed E-state index contributed by atoms with van der Waals surface area (Å²) in [7, 11) is 0. The van der Waals surface area contributed by atoms with Crippen molar-refractivity contribution in [3.63, 3.8) is 0 Å². The lowest BCUT2D eigenvalue weighted by atomic mass is 10.1. The molecule has 6 rings (SSSR count). The van der Waals surface area contributed by atoms with Crippen LogP contribution >= 0.6 is 11.6 Å². The van der Waals surface area contributed by atoms with E-state index in [0.29, 0.717) is 37.9 Å². The Kier molecular flexibility index (Phi) is 3.97. The highest BCUT2D eigenvalue weighted by atomic mass is 35.5. The van der Waals surface area contributed by atoms with Crippen LogP contribution in [0, 0.1) is 6.92 Å². The number of aromatic nitrogens is 2. The Morgan fingerprint density at radius 1 is 0.688 bits per heavy atom. The van der Waals surface area contributed by atoms with Gasteiger partial charge in [-0.25, -0.2) is 15.0 Å². The van der Waals surface area contributed by atoms with Crippen molar-refractivity contribution in [2.45, 2.75) is 6.92 Å². The number of halogens is 1. The van der Waals surface area contributed by atoms with Crippen LogP contribution in [0.15, 0.2) is 81.3 Å². The molecule has 0 aliphatic rings. The molecule has 5 nitrogen and oxygen atoms in total. The number of fused-ring (bicyclic) bond motifs is 5. The van der Waals surface area contributed by atoms with Crippen molar-refractivity contribution in [3.05, 3.63) is 103 Å². The summed E-state index contributed by atoms with van der Waals surface area (Å²) >= 11 is 6.14.